The fraction of sp³-hybridized carbons (Fsp3) is 0.211. The number of aliphatic imine (C=N–C) groups is 1. The van der Waals surface area contributed by atoms with Crippen LogP contribution >= 0.6 is 0 Å². The Hall–Kier alpha value is -3.15. The van der Waals surface area contributed by atoms with Gasteiger partial charge in [-0.1, -0.05) is 42.0 Å². The second kappa shape index (κ2) is 8.10. The molecule has 1 heterocycles. The van der Waals surface area contributed by atoms with Crippen LogP contribution in [0.1, 0.15) is 16.7 Å². The van der Waals surface area contributed by atoms with Gasteiger partial charge in [0.15, 0.2) is 5.96 Å². The van der Waals surface area contributed by atoms with Crippen molar-refractivity contribution >= 4 is 5.96 Å². The minimum atomic E-state index is 0.700. The highest BCUT2D eigenvalue weighted by Gasteiger charge is 2.01. The Balaban J connectivity index is 1.51. The van der Waals surface area contributed by atoms with Gasteiger partial charge in [-0.3, -0.25) is 4.99 Å². The van der Waals surface area contributed by atoms with Gasteiger partial charge >= 0.3 is 0 Å². The topological polar surface area (TPSA) is 67.1 Å². The van der Waals surface area contributed by atoms with Crippen LogP contribution in [0, 0.1) is 6.92 Å². The molecule has 0 spiro atoms. The van der Waals surface area contributed by atoms with Crippen LogP contribution in [0.15, 0.2) is 66.2 Å². The molecule has 0 saturated heterocycles. The Bertz CT molecular complexity index is 804. The number of nitrogens with one attached hydrogen (secondary N) is 2. The molecule has 0 aliphatic heterocycles. The summed E-state index contributed by atoms with van der Waals surface area (Å²) in [5, 5.41) is 10.8. The quantitative estimate of drug-likeness (QED) is 0.555. The molecule has 0 atom stereocenters. The van der Waals surface area contributed by atoms with Crippen molar-refractivity contribution in [2.45, 2.75) is 20.0 Å². The summed E-state index contributed by atoms with van der Waals surface area (Å²) >= 11 is 0. The van der Waals surface area contributed by atoms with E-state index in [1.807, 2.05) is 12.1 Å². The number of rotatable bonds is 5. The van der Waals surface area contributed by atoms with Crippen LogP contribution in [-0.2, 0) is 13.1 Å². The molecule has 0 unspecified atom stereocenters. The van der Waals surface area contributed by atoms with Gasteiger partial charge < -0.3 is 10.6 Å². The van der Waals surface area contributed by atoms with E-state index in [0.717, 1.165) is 18.2 Å². The van der Waals surface area contributed by atoms with Crippen LogP contribution in [0.5, 0.6) is 0 Å². The molecular formula is C19H22N6. The number of hydrogen-bond donors (Lipinski definition) is 2. The summed E-state index contributed by atoms with van der Waals surface area (Å²) in [6.45, 7) is 3.53. The molecule has 0 radical (unpaired) electrons. The van der Waals surface area contributed by atoms with Crippen molar-refractivity contribution in [1.29, 1.82) is 0 Å². The molecule has 0 saturated carbocycles. The van der Waals surface area contributed by atoms with Crippen LogP contribution in [-0.4, -0.2) is 27.8 Å². The Morgan fingerprint density at radius 1 is 0.960 bits per heavy atom. The molecule has 3 aromatic rings. The third-order valence-corrected chi connectivity index (χ3v) is 3.88. The summed E-state index contributed by atoms with van der Waals surface area (Å²) in [5.74, 6) is 0.779. The predicted molar refractivity (Wildman–Crippen MR) is 99.6 cm³/mol. The van der Waals surface area contributed by atoms with Crippen molar-refractivity contribution in [3.05, 3.63) is 77.9 Å². The highest BCUT2D eigenvalue weighted by molar-refractivity contribution is 5.79. The van der Waals surface area contributed by atoms with Gasteiger partial charge in [0.05, 0.1) is 5.69 Å². The number of benzene rings is 2. The van der Waals surface area contributed by atoms with E-state index in [1.165, 1.54) is 23.0 Å². The first-order valence-electron chi connectivity index (χ1n) is 8.18. The molecular weight excluding hydrogens is 312 g/mol. The van der Waals surface area contributed by atoms with Gasteiger partial charge in [0.25, 0.3) is 0 Å². The molecule has 1 aromatic heterocycles. The Morgan fingerprint density at radius 3 is 2.08 bits per heavy atom. The number of nitrogens with zero attached hydrogens (tertiary/aromatic N) is 4. The van der Waals surface area contributed by atoms with Crippen molar-refractivity contribution in [1.82, 2.24) is 25.4 Å². The van der Waals surface area contributed by atoms with Crippen molar-refractivity contribution in [3.63, 3.8) is 0 Å². The van der Waals surface area contributed by atoms with Crippen LogP contribution in [0.25, 0.3) is 5.69 Å². The summed E-state index contributed by atoms with van der Waals surface area (Å²) in [5.41, 5.74) is 4.65. The first-order valence-corrected chi connectivity index (χ1v) is 8.18. The van der Waals surface area contributed by atoms with Gasteiger partial charge in [0.2, 0.25) is 0 Å². The minimum Gasteiger partial charge on any atom is -0.352 e. The Labute approximate surface area is 147 Å². The van der Waals surface area contributed by atoms with Crippen LogP contribution in [0.4, 0.5) is 0 Å². The first kappa shape index (κ1) is 16.7. The maximum absolute atomic E-state index is 4.27. The molecule has 0 amide bonds. The summed E-state index contributed by atoms with van der Waals surface area (Å²) in [4.78, 5) is 8.22. The largest absolute Gasteiger partial charge is 0.352 e. The maximum atomic E-state index is 4.27. The fourth-order valence-corrected chi connectivity index (χ4v) is 2.41. The van der Waals surface area contributed by atoms with Crippen molar-refractivity contribution in [3.8, 4) is 5.69 Å². The molecule has 0 aliphatic rings. The third kappa shape index (κ3) is 4.67. The Kier molecular flexibility index (Phi) is 5.41. The van der Waals surface area contributed by atoms with Gasteiger partial charge in [0, 0.05) is 20.1 Å². The molecule has 0 bridgehead atoms. The second-order valence-corrected chi connectivity index (χ2v) is 5.77. The lowest BCUT2D eigenvalue weighted by molar-refractivity contribution is 0.807. The van der Waals surface area contributed by atoms with E-state index in [4.69, 9.17) is 0 Å². The Morgan fingerprint density at radius 2 is 1.56 bits per heavy atom. The molecule has 0 fully saturated rings. The standard InChI is InChI=1S/C19H22N6/c1-15-3-5-16(6-4-15)11-22-19(20-2)23-12-17-7-9-18(10-8-17)25-14-21-13-24-25/h3-10,13-14H,11-12H2,1-2H3,(H2,20,22,23). The van der Waals surface area contributed by atoms with E-state index in [-0.39, 0.29) is 0 Å². The summed E-state index contributed by atoms with van der Waals surface area (Å²) < 4.78 is 1.74. The fourth-order valence-electron chi connectivity index (χ4n) is 2.41. The SMILES string of the molecule is CN=C(NCc1ccc(C)cc1)NCc1ccc(-n2cncn2)cc1. The monoisotopic (exact) mass is 334 g/mol. The number of guanidine groups is 1. The maximum Gasteiger partial charge on any atom is 0.191 e. The number of aromatic nitrogens is 3. The van der Waals surface area contributed by atoms with Crippen LogP contribution in [0.2, 0.25) is 0 Å². The lowest BCUT2D eigenvalue weighted by atomic mass is 10.1. The molecule has 2 aromatic carbocycles. The number of aryl methyl sites for hydroxylation is 1. The average Bonchev–Trinajstić information content (AvgIpc) is 3.18. The highest BCUT2D eigenvalue weighted by atomic mass is 15.3. The summed E-state index contributed by atoms with van der Waals surface area (Å²) in [6.07, 6.45) is 3.21. The van der Waals surface area contributed by atoms with Crippen molar-refractivity contribution < 1.29 is 0 Å². The summed E-state index contributed by atoms with van der Waals surface area (Å²) in [6, 6.07) is 16.7. The lowest BCUT2D eigenvalue weighted by Gasteiger charge is -2.12. The summed E-state index contributed by atoms with van der Waals surface area (Å²) in [7, 11) is 1.78. The highest BCUT2D eigenvalue weighted by Crippen LogP contribution is 2.08. The molecule has 6 heteroatoms. The first-order chi connectivity index (χ1) is 12.2. The van der Waals surface area contributed by atoms with Gasteiger partial charge in [-0.25, -0.2) is 9.67 Å². The third-order valence-electron chi connectivity index (χ3n) is 3.88. The van der Waals surface area contributed by atoms with E-state index >= 15 is 0 Å². The second-order valence-electron chi connectivity index (χ2n) is 5.77. The van der Waals surface area contributed by atoms with Crippen molar-refractivity contribution in [2.75, 3.05) is 7.05 Å². The van der Waals surface area contributed by atoms with Gasteiger partial charge in [-0.05, 0) is 30.2 Å². The van der Waals surface area contributed by atoms with Crippen LogP contribution in [0.3, 0.4) is 0 Å². The van der Waals surface area contributed by atoms with Gasteiger partial charge in [-0.15, -0.1) is 0 Å². The van der Waals surface area contributed by atoms with E-state index in [2.05, 4.69) is 69.0 Å². The molecule has 2 N–H and O–H groups in total. The predicted octanol–water partition coefficient (Wildman–Crippen LogP) is 2.44. The average molecular weight is 334 g/mol. The van der Waals surface area contributed by atoms with Gasteiger partial charge in [0.1, 0.15) is 12.7 Å². The molecule has 6 nitrogen and oxygen atoms in total. The number of hydrogen-bond acceptors (Lipinski definition) is 3. The van der Waals surface area contributed by atoms with Crippen LogP contribution < -0.4 is 10.6 Å². The normalized spacial score (nSPS) is 11.4. The smallest absolute Gasteiger partial charge is 0.191 e. The minimum absolute atomic E-state index is 0.700. The molecule has 0 aliphatic carbocycles. The zero-order valence-electron chi connectivity index (χ0n) is 14.5. The van der Waals surface area contributed by atoms with Crippen molar-refractivity contribution in [2.24, 2.45) is 4.99 Å². The van der Waals surface area contributed by atoms with E-state index in [0.29, 0.717) is 6.54 Å². The van der Waals surface area contributed by atoms with E-state index in [1.54, 1.807) is 18.1 Å². The zero-order valence-corrected chi connectivity index (χ0v) is 14.5. The molecule has 128 valence electrons. The van der Waals surface area contributed by atoms with E-state index in [9.17, 15) is 0 Å². The van der Waals surface area contributed by atoms with E-state index < -0.39 is 0 Å². The van der Waals surface area contributed by atoms with Gasteiger partial charge in [-0.2, -0.15) is 5.10 Å². The molecule has 25 heavy (non-hydrogen) atoms. The molecule has 3 rings (SSSR count). The zero-order chi connectivity index (χ0) is 17.5. The lowest BCUT2D eigenvalue weighted by Crippen LogP contribution is -2.36.